The van der Waals surface area contributed by atoms with Crippen molar-refractivity contribution < 1.29 is 17.9 Å². The number of sulfone groups is 1. The van der Waals surface area contributed by atoms with Crippen LogP contribution in [-0.4, -0.2) is 38.5 Å². The Hall–Kier alpha value is -0.620. The second kappa shape index (κ2) is 5.14. The molecule has 0 bridgehead atoms. The van der Waals surface area contributed by atoms with Crippen molar-refractivity contribution in [3.05, 3.63) is 0 Å². The molecule has 6 heteroatoms. The van der Waals surface area contributed by atoms with Crippen molar-refractivity contribution >= 4 is 15.8 Å². The van der Waals surface area contributed by atoms with Crippen molar-refractivity contribution in [1.82, 2.24) is 0 Å². The average molecular weight is 249 g/mol. The van der Waals surface area contributed by atoms with Gasteiger partial charge in [-0.25, -0.2) is 8.42 Å². The maximum absolute atomic E-state index is 11.9. The molecule has 3 atom stereocenters. The quantitative estimate of drug-likeness (QED) is 0.716. The van der Waals surface area contributed by atoms with Gasteiger partial charge in [0.1, 0.15) is 5.75 Å². The van der Waals surface area contributed by atoms with Crippen molar-refractivity contribution in [2.45, 2.75) is 37.5 Å². The van der Waals surface area contributed by atoms with Crippen molar-refractivity contribution in [1.29, 1.82) is 0 Å². The van der Waals surface area contributed by atoms with E-state index in [0.29, 0.717) is 18.8 Å². The van der Waals surface area contributed by atoms with Crippen LogP contribution in [0, 0.1) is 5.92 Å². The van der Waals surface area contributed by atoms with E-state index in [9.17, 15) is 13.2 Å². The molecule has 94 valence electrons. The number of hydrogen-bond donors (Lipinski definition) is 1. The van der Waals surface area contributed by atoms with Crippen LogP contribution in [0.2, 0.25) is 0 Å². The van der Waals surface area contributed by atoms with Gasteiger partial charge >= 0.3 is 5.97 Å². The minimum absolute atomic E-state index is 0.345. The summed E-state index contributed by atoms with van der Waals surface area (Å²) in [6.07, 6.45) is 2.19. The van der Waals surface area contributed by atoms with Crippen molar-refractivity contribution in [3.8, 4) is 0 Å². The number of nitrogens with two attached hydrogens (primary N) is 1. The van der Waals surface area contributed by atoms with E-state index in [4.69, 9.17) is 5.73 Å². The third-order valence-electron chi connectivity index (χ3n) is 3.11. The maximum Gasteiger partial charge on any atom is 0.320 e. The molecule has 1 aliphatic rings. The smallest absolute Gasteiger partial charge is 0.320 e. The molecule has 0 saturated heterocycles. The Bertz CT molecular complexity index is 352. The molecule has 16 heavy (non-hydrogen) atoms. The first-order chi connectivity index (χ1) is 7.36. The number of ether oxygens (including phenoxy) is 1. The SMILES string of the molecule is COC(=O)CS(=O)(=O)C1CC(C)CCC1N. The monoisotopic (exact) mass is 249 g/mol. The lowest BCUT2D eigenvalue weighted by Gasteiger charge is -2.31. The predicted molar refractivity (Wildman–Crippen MR) is 60.6 cm³/mol. The molecule has 0 aromatic carbocycles. The molecule has 2 N–H and O–H groups in total. The van der Waals surface area contributed by atoms with Crippen molar-refractivity contribution in [3.63, 3.8) is 0 Å². The zero-order valence-electron chi connectivity index (χ0n) is 9.68. The summed E-state index contributed by atoms with van der Waals surface area (Å²) in [5, 5.41) is -0.602. The Labute approximate surface area is 96.3 Å². The summed E-state index contributed by atoms with van der Waals surface area (Å²) >= 11 is 0. The molecular weight excluding hydrogens is 230 g/mol. The second-order valence-electron chi connectivity index (χ2n) is 4.50. The highest BCUT2D eigenvalue weighted by Gasteiger charge is 2.37. The van der Waals surface area contributed by atoms with Crippen LogP contribution in [0.3, 0.4) is 0 Å². The third-order valence-corrected chi connectivity index (χ3v) is 5.22. The van der Waals surface area contributed by atoms with Crippen molar-refractivity contribution in [2.24, 2.45) is 11.7 Å². The molecule has 0 radical (unpaired) electrons. The molecule has 0 spiro atoms. The van der Waals surface area contributed by atoms with Crippen molar-refractivity contribution in [2.75, 3.05) is 12.9 Å². The first kappa shape index (κ1) is 13.4. The topological polar surface area (TPSA) is 86.5 Å². The standard InChI is InChI=1S/C10H19NO4S/c1-7-3-4-8(11)9(5-7)16(13,14)6-10(12)15-2/h7-9H,3-6,11H2,1-2H3. The first-order valence-electron chi connectivity index (χ1n) is 5.40. The lowest BCUT2D eigenvalue weighted by Crippen LogP contribution is -2.46. The van der Waals surface area contributed by atoms with Crippen LogP contribution in [0.15, 0.2) is 0 Å². The fraction of sp³-hybridized carbons (Fsp3) is 0.900. The van der Waals surface area contributed by atoms with Gasteiger partial charge in [-0.3, -0.25) is 4.79 Å². The fourth-order valence-corrected chi connectivity index (χ4v) is 4.05. The molecule has 3 unspecified atom stereocenters. The highest BCUT2D eigenvalue weighted by Crippen LogP contribution is 2.28. The van der Waals surface area contributed by atoms with Crippen LogP contribution in [0.5, 0.6) is 0 Å². The van der Waals surface area contributed by atoms with Gasteiger partial charge < -0.3 is 10.5 Å². The molecule has 0 amide bonds. The lowest BCUT2D eigenvalue weighted by atomic mass is 9.87. The number of esters is 1. The Balaban J connectivity index is 2.77. The highest BCUT2D eigenvalue weighted by molar-refractivity contribution is 7.92. The van der Waals surface area contributed by atoms with Crippen LogP contribution >= 0.6 is 0 Å². The van der Waals surface area contributed by atoms with Gasteiger partial charge in [0.05, 0.1) is 12.4 Å². The number of carbonyl (C=O) groups is 1. The Kier molecular flexibility index (Phi) is 4.32. The number of rotatable bonds is 3. The minimum atomic E-state index is -3.48. The number of hydrogen-bond acceptors (Lipinski definition) is 5. The van der Waals surface area contributed by atoms with Gasteiger partial charge in [0, 0.05) is 6.04 Å². The third kappa shape index (κ3) is 3.18. The van der Waals surface area contributed by atoms with Gasteiger partial charge in [-0.1, -0.05) is 6.92 Å². The summed E-state index contributed by atoms with van der Waals surface area (Å²) in [6, 6.07) is -0.356. The largest absolute Gasteiger partial charge is 0.468 e. The first-order valence-corrected chi connectivity index (χ1v) is 7.12. The maximum atomic E-state index is 11.9. The van der Waals surface area contributed by atoms with E-state index < -0.39 is 26.8 Å². The molecule has 5 nitrogen and oxygen atoms in total. The van der Waals surface area contributed by atoms with Gasteiger partial charge in [-0.2, -0.15) is 0 Å². The molecule has 1 fully saturated rings. The van der Waals surface area contributed by atoms with Crippen LogP contribution in [-0.2, 0) is 19.4 Å². The minimum Gasteiger partial charge on any atom is -0.468 e. The normalized spacial score (nSPS) is 31.1. The Morgan fingerprint density at radius 1 is 1.44 bits per heavy atom. The van der Waals surface area contributed by atoms with E-state index >= 15 is 0 Å². The summed E-state index contributed by atoms with van der Waals surface area (Å²) in [5.41, 5.74) is 5.81. The summed E-state index contributed by atoms with van der Waals surface area (Å²) < 4.78 is 28.2. The molecule has 1 rings (SSSR count). The lowest BCUT2D eigenvalue weighted by molar-refractivity contribution is -0.137. The van der Waals surface area contributed by atoms with E-state index in [0.717, 1.165) is 6.42 Å². The zero-order chi connectivity index (χ0) is 12.3. The molecule has 1 aliphatic carbocycles. The molecule has 0 aromatic heterocycles. The second-order valence-corrected chi connectivity index (χ2v) is 6.72. The van der Waals surface area contributed by atoms with Crippen LogP contribution in [0.4, 0.5) is 0 Å². The van der Waals surface area contributed by atoms with Gasteiger partial charge in [-0.05, 0) is 25.2 Å². The van der Waals surface area contributed by atoms with Gasteiger partial charge in [0.25, 0.3) is 0 Å². The molecule has 0 aromatic rings. The molecule has 0 heterocycles. The van der Waals surface area contributed by atoms with Gasteiger partial charge in [0.15, 0.2) is 9.84 Å². The summed E-state index contributed by atoms with van der Waals surface area (Å²) in [4.78, 5) is 11.0. The van der Waals surface area contributed by atoms with E-state index in [2.05, 4.69) is 4.74 Å². The molecule has 0 aliphatic heterocycles. The molecular formula is C10H19NO4S. The van der Waals surface area contributed by atoms with Crippen LogP contribution < -0.4 is 5.73 Å². The van der Waals surface area contributed by atoms with E-state index in [-0.39, 0.29) is 6.04 Å². The van der Waals surface area contributed by atoms with E-state index in [1.807, 2.05) is 6.92 Å². The number of methoxy groups -OCH3 is 1. The van der Waals surface area contributed by atoms with Gasteiger partial charge in [-0.15, -0.1) is 0 Å². The molecule has 1 saturated carbocycles. The Morgan fingerprint density at radius 3 is 2.62 bits per heavy atom. The van der Waals surface area contributed by atoms with Crippen LogP contribution in [0.25, 0.3) is 0 Å². The Morgan fingerprint density at radius 2 is 2.06 bits per heavy atom. The fourth-order valence-electron chi connectivity index (χ4n) is 2.10. The summed E-state index contributed by atoms with van der Waals surface area (Å²) in [5.74, 6) is -0.933. The van der Waals surface area contributed by atoms with E-state index in [1.165, 1.54) is 7.11 Å². The van der Waals surface area contributed by atoms with E-state index in [1.54, 1.807) is 0 Å². The van der Waals surface area contributed by atoms with Crippen LogP contribution in [0.1, 0.15) is 26.2 Å². The summed E-state index contributed by atoms with van der Waals surface area (Å²) in [7, 11) is -2.29. The highest BCUT2D eigenvalue weighted by atomic mass is 32.2. The van der Waals surface area contributed by atoms with Gasteiger partial charge in [0.2, 0.25) is 0 Å². The zero-order valence-corrected chi connectivity index (χ0v) is 10.5. The average Bonchev–Trinajstić information content (AvgIpc) is 2.20. The summed E-state index contributed by atoms with van der Waals surface area (Å²) in [6.45, 7) is 2.01. The number of carbonyl (C=O) groups excluding carboxylic acids is 1. The predicted octanol–water partition coefficient (Wildman–Crippen LogP) is 0.0901.